The minimum absolute atomic E-state index is 0.0435. The highest BCUT2D eigenvalue weighted by Crippen LogP contribution is 2.25. The van der Waals surface area contributed by atoms with E-state index in [1.165, 1.54) is 12.0 Å². The van der Waals surface area contributed by atoms with Gasteiger partial charge in [-0.1, -0.05) is 6.07 Å². The van der Waals surface area contributed by atoms with Crippen molar-refractivity contribution >= 4 is 21.8 Å². The molecule has 0 bridgehead atoms. The zero-order chi connectivity index (χ0) is 14.4. The first-order valence-corrected chi connectivity index (χ1v) is 7.83. The fourth-order valence-electron chi connectivity index (χ4n) is 2.23. The summed E-state index contributed by atoms with van der Waals surface area (Å²) in [5.74, 6) is 0.822. The molecular formula is C15H21BrN2O2. The molecule has 1 atom stereocenters. The Bertz CT molecular complexity index is 459. The van der Waals surface area contributed by atoms with Crippen LogP contribution in [0.2, 0.25) is 0 Å². The first kappa shape index (κ1) is 15.3. The fourth-order valence-corrected chi connectivity index (χ4v) is 2.84. The van der Waals surface area contributed by atoms with E-state index in [-0.39, 0.29) is 5.91 Å². The summed E-state index contributed by atoms with van der Waals surface area (Å²) < 4.78 is 6.54. The molecule has 1 aromatic carbocycles. The first-order chi connectivity index (χ1) is 9.65. The Hall–Kier alpha value is -1.07. The van der Waals surface area contributed by atoms with Crippen molar-refractivity contribution in [3.8, 4) is 5.75 Å². The largest absolute Gasteiger partial charge is 0.492 e. The molecule has 0 saturated carbocycles. The molecule has 1 aliphatic rings. The second-order valence-electron chi connectivity index (χ2n) is 5.13. The molecule has 1 unspecified atom stereocenters. The predicted octanol–water partition coefficient (Wildman–Crippen LogP) is 2.39. The number of carbonyl (C=O) groups is 1. The maximum absolute atomic E-state index is 11.7. The van der Waals surface area contributed by atoms with Crippen molar-refractivity contribution < 1.29 is 9.53 Å². The normalized spacial score (nSPS) is 18.0. The standard InChI is InChI=1S/C15H21BrN2O2/c1-11-4-5-14(13(16)9-11)20-8-6-15(19)18-10-12-3-2-7-17-12/h4-5,9,12,17H,2-3,6-8,10H2,1H3,(H,18,19). The molecule has 1 saturated heterocycles. The molecule has 0 aromatic heterocycles. The highest BCUT2D eigenvalue weighted by Gasteiger charge is 2.14. The van der Waals surface area contributed by atoms with Gasteiger partial charge in [0, 0.05) is 12.6 Å². The number of hydrogen-bond donors (Lipinski definition) is 2. The molecule has 5 heteroatoms. The van der Waals surface area contributed by atoms with Gasteiger partial charge in [0.05, 0.1) is 17.5 Å². The average molecular weight is 341 g/mol. The Morgan fingerprint density at radius 1 is 1.55 bits per heavy atom. The summed E-state index contributed by atoms with van der Waals surface area (Å²) in [6, 6.07) is 6.35. The molecule has 2 rings (SSSR count). The van der Waals surface area contributed by atoms with Crippen LogP contribution in [0.4, 0.5) is 0 Å². The minimum atomic E-state index is 0.0435. The fraction of sp³-hybridized carbons (Fsp3) is 0.533. The maximum atomic E-state index is 11.7. The van der Waals surface area contributed by atoms with Crippen molar-refractivity contribution in [3.63, 3.8) is 0 Å². The van der Waals surface area contributed by atoms with E-state index < -0.39 is 0 Å². The van der Waals surface area contributed by atoms with Crippen molar-refractivity contribution in [2.75, 3.05) is 19.7 Å². The molecule has 1 aliphatic heterocycles. The third kappa shape index (κ3) is 4.80. The highest BCUT2D eigenvalue weighted by molar-refractivity contribution is 9.10. The summed E-state index contributed by atoms with van der Waals surface area (Å²) in [5.41, 5.74) is 1.17. The number of rotatable bonds is 6. The van der Waals surface area contributed by atoms with Crippen molar-refractivity contribution in [1.82, 2.24) is 10.6 Å². The third-order valence-electron chi connectivity index (χ3n) is 3.38. The monoisotopic (exact) mass is 340 g/mol. The van der Waals surface area contributed by atoms with Crippen LogP contribution in [0, 0.1) is 6.92 Å². The molecule has 1 heterocycles. The van der Waals surface area contributed by atoms with Gasteiger partial charge in [-0.3, -0.25) is 4.79 Å². The smallest absolute Gasteiger partial charge is 0.223 e. The zero-order valence-electron chi connectivity index (χ0n) is 11.7. The van der Waals surface area contributed by atoms with Crippen LogP contribution in [0.25, 0.3) is 0 Å². The summed E-state index contributed by atoms with van der Waals surface area (Å²) >= 11 is 3.46. The van der Waals surface area contributed by atoms with Gasteiger partial charge in [0.2, 0.25) is 5.91 Å². The lowest BCUT2D eigenvalue weighted by Gasteiger charge is -2.12. The van der Waals surface area contributed by atoms with Crippen molar-refractivity contribution in [2.45, 2.75) is 32.2 Å². The van der Waals surface area contributed by atoms with Gasteiger partial charge in [-0.2, -0.15) is 0 Å². The summed E-state index contributed by atoms with van der Waals surface area (Å²) in [4.78, 5) is 11.7. The zero-order valence-corrected chi connectivity index (χ0v) is 13.3. The minimum Gasteiger partial charge on any atom is -0.492 e. The van der Waals surface area contributed by atoms with E-state index >= 15 is 0 Å². The Labute approximate surface area is 128 Å². The van der Waals surface area contributed by atoms with Gasteiger partial charge < -0.3 is 15.4 Å². The van der Waals surface area contributed by atoms with Crippen LogP contribution < -0.4 is 15.4 Å². The van der Waals surface area contributed by atoms with Crippen molar-refractivity contribution in [2.24, 2.45) is 0 Å². The third-order valence-corrected chi connectivity index (χ3v) is 4.00. The van der Waals surface area contributed by atoms with Crippen LogP contribution in [-0.2, 0) is 4.79 Å². The van der Waals surface area contributed by atoms with Crippen LogP contribution in [0.1, 0.15) is 24.8 Å². The first-order valence-electron chi connectivity index (χ1n) is 7.04. The number of hydrogen-bond acceptors (Lipinski definition) is 3. The van der Waals surface area contributed by atoms with Gasteiger partial charge >= 0.3 is 0 Å². The predicted molar refractivity (Wildman–Crippen MR) is 83.0 cm³/mol. The maximum Gasteiger partial charge on any atom is 0.223 e. The summed E-state index contributed by atoms with van der Waals surface area (Å²) in [6.45, 7) is 4.20. The quantitative estimate of drug-likeness (QED) is 0.835. The highest BCUT2D eigenvalue weighted by atomic mass is 79.9. The van der Waals surface area contributed by atoms with Gasteiger partial charge in [0.15, 0.2) is 0 Å². The van der Waals surface area contributed by atoms with E-state index in [0.29, 0.717) is 25.6 Å². The topological polar surface area (TPSA) is 50.4 Å². The number of halogens is 1. The van der Waals surface area contributed by atoms with Gasteiger partial charge in [0.25, 0.3) is 0 Å². The Morgan fingerprint density at radius 2 is 2.40 bits per heavy atom. The van der Waals surface area contributed by atoms with E-state index in [9.17, 15) is 4.79 Å². The molecule has 2 N–H and O–H groups in total. The van der Waals surface area contributed by atoms with Crippen LogP contribution in [0.3, 0.4) is 0 Å². The van der Waals surface area contributed by atoms with Crippen LogP contribution >= 0.6 is 15.9 Å². The molecule has 4 nitrogen and oxygen atoms in total. The average Bonchev–Trinajstić information content (AvgIpc) is 2.92. The SMILES string of the molecule is Cc1ccc(OCCC(=O)NCC2CCCN2)c(Br)c1. The lowest BCUT2D eigenvalue weighted by Crippen LogP contribution is -2.37. The second-order valence-corrected chi connectivity index (χ2v) is 5.98. The molecule has 1 amide bonds. The number of aryl methyl sites for hydroxylation is 1. The molecule has 1 aromatic rings. The number of amides is 1. The molecule has 20 heavy (non-hydrogen) atoms. The molecule has 0 spiro atoms. The van der Waals surface area contributed by atoms with Crippen LogP contribution in [-0.4, -0.2) is 31.6 Å². The Kier molecular flexibility index (Phi) is 5.86. The van der Waals surface area contributed by atoms with E-state index in [4.69, 9.17) is 4.74 Å². The van der Waals surface area contributed by atoms with E-state index in [0.717, 1.165) is 23.2 Å². The Morgan fingerprint density at radius 3 is 3.10 bits per heavy atom. The number of carbonyl (C=O) groups excluding carboxylic acids is 1. The molecule has 0 aliphatic carbocycles. The summed E-state index contributed by atoms with van der Waals surface area (Å²) in [7, 11) is 0. The van der Waals surface area contributed by atoms with Gasteiger partial charge in [-0.25, -0.2) is 0 Å². The summed E-state index contributed by atoms with van der Waals surface area (Å²) in [5, 5.41) is 6.30. The van der Waals surface area contributed by atoms with E-state index in [1.807, 2.05) is 25.1 Å². The number of ether oxygens (including phenoxy) is 1. The van der Waals surface area contributed by atoms with Crippen LogP contribution in [0.5, 0.6) is 5.75 Å². The number of nitrogens with one attached hydrogen (secondary N) is 2. The van der Waals surface area contributed by atoms with E-state index in [2.05, 4.69) is 26.6 Å². The summed E-state index contributed by atoms with van der Waals surface area (Å²) in [6.07, 6.45) is 2.73. The van der Waals surface area contributed by atoms with Gasteiger partial charge in [0.1, 0.15) is 5.75 Å². The van der Waals surface area contributed by atoms with Crippen molar-refractivity contribution in [3.05, 3.63) is 28.2 Å². The van der Waals surface area contributed by atoms with E-state index in [1.54, 1.807) is 0 Å². The molecular weight excluding hydrogens is 320 g/mol. The van der Waals surface area contributed by atoms with Gasteiger partial charge in [-0.15, -0.1) is 0 Å². The number of benzene rings is 1. The van der Waals surface area contributed by atoms with Crippen molar-refractivity contribution in [1.29, 1.82) is 0 Å². The lowest BCUT2D eigenvalue weighted by molar-refractivity contribution is -0.121. The van der Waals surface area contributed by atoms with Crippen LogP contribution in [0.15, 0.2) is 22.7 Å². The molecule has 1 fully saturated rings. The molecule has 0 radical (unpaired) electrons. The second kappa shape index (κ2) is 7.64. The Balaban J connectivity index is 1.65. The lowest BCUT2D eigenvalue weighted by atomic mass is 10.2. The van der Waals surface area contributed by atoms with Gasteiger partial charge in [-0.05, 0) is 59.9 Å². The molecule has 110 valence electrons.